The third-order valence-electron chi connectivity index (χ3n) is 5.04. The van der Waals surface area contributed by atoms with Crippen molar-refractivity contribution >= 4 is 23.6 Å². The van der Waals surface area contributed by atoms with Crippen LogP contribution in [0, 0.1) is 6.92 Å². The Morgan fingerprint density at radius 2 is 1.58 bits per heavy atom. The van der Waals surface area contributed by atoms with Gasteiger partial charge in [0.2, 0.25) is 0 Å². The number of nitrogens with one attached hydrogen (secondary N) is 1. The van der Waals surface area contributed by atoms with E-state index in [0.29, 0.717) is 36.0 Å². The summed E-state index contributed by atoms with van der Waals surface area (Å²) in [5.74, 6) is 1.15. The monoisotopic (exact) mass is 444 g/mol. The second-order valence-electron chi connectivity index (χ2n) is 7.39. The molecule has 3 aromatic rings. The second kappa shape index (κ2) is 9.91. The number of carbonyl (C=O) groups is 2. The van der Waals surface area contributed by atoms with Crippen LogP contribution in [0.1, 0.15) is 11.1 Å². The summed E-state index contributed by atoms with van der Waals surface area (Å²) in [5.41, 5.74) is 4.88. The molecule has 2 amide bonds. The van der Waals surface area contributed by atoms with Gasteiger partial charge in [-0.25, -0.2) is 5.01 Å². The molecule has 1 aliphatic heterocycles. The molecule has 7 nitrogen and oxygen atoms in total. The van der Waals surface area contributed by atoms with E-state index in [9.17, 15) is 9.59 Å². The Morgan fingerprint density at radius 1 is 0.879 bits per heavy atom. The summed E-state index contributed by atoms with van der Waals surface area (Å²) >= 11 is 0. The van der Waals surface area contributed by atoms with Gasteiger partial charge < -0.3 is 14.2 Å². The minimum absolute atomic E-state index is 0.0452. The molecule has 0 atom stereocenters. The van der Waals surface area contributed by atoms with E-state index < -0.39 is 11.8 Å². The Labute approximate surface area is 192 Å². The highest BCUT2D eigenvalue weighted by atomic mass is 16.5. The van der Waals surface area contributed by atoms with Crippen LogP contribution in [-0.4, -0.2) is 32.1 Å². The first-order chi connectivity index (χ1) is 16.0. The van der Waals surface area contributed by atoms with Gasteiger partial charge in [-0.1, -0.05) is 29.8 Å². The Kier molecular flexibility index (Phi) is 6.59. The minimum atomic E-state index is -0.459. The first kappa shape index (κ1) is 22.0. The van der Waals surface area contributed by atoms with Crippen LogP contribution in [0.25, 0.3) is 6.08 Å². The zero-order chi connectivity index (χ0) is 23.2. The van der Waals surface area contributed by atoms with E-state index >= 15 is 0 Å². The van der Waals surface area contributed by atoms with Crippen molar-refractivity contribution in [1.82, 2.24) is 5.43 Å². The van der Waals surface area contributed by atoms with Crippen molar-refractivity contribution in [2.75, 3.05) is 25.3 Å². The maximum Gasteiger partial charge on any atom is 0.282 e. The summed E-state index contributed by atoms with van der Waals surface area (Å²) in [6.45, 7) is 2.56. The number of aryl methyl sites for hydroxylation is 1. The molecule has 0 spiro atoms. The fourth-order valence-electron chi connectivity index (χ4n) is 3.37. The number of hydrazine groups is 1. The SMILES string of the molecule is COc1ccc(OCCOc2ccc(C)cc2C=C2C(=O)NN(c3ccccc3)C2=O)cc1. The van der Waals surface area contributed by atoms with Gasteiger partial charge in [0.15, 0.2) is 0 Å². The van der Waals surface area contributed by atoms with E-state index in [4.69, 9.17) is 14.2 Å². The van der Waals surface area contributed by atoms with Gasteiger partial charge in [0.1, 0.15) is 36.0 Å². The molecule has 1 aliphatic rings. The van der Waals surface area contributed by atoms with Gasteiger partial charge in [-0.05, 0) is 61.5 Å². The molecule has 1 saturated heterocycles. The zero-order valence-corrected chi connectivity index (χ0v) is 18.4. The quantitative estimate of drug-likeness (QED) is 0.324. The van der Waals surface area contributed by atoms with E-state index in [1.807, 2.05) is 55.5 Å². The molecule has 7 heteroatoms. The van der Waals surface area contributed by atoms with Gasteiger partial charge in [-0.3, -0.25) is 15.0 Å². The first-order valence-electron chi connectivity index (χ1n) is 10.5. The van der Waals surface area contributed by atoms with Crippen molar-refractivity contribution in [1.29, 1.82) is 0 Å². The largest absolute Gasteiger partial charge is 0.497 e. The molecule has 0 unspecified atom stereocenters. The maximum absolute atomic E-state index is 12.9. The number of methoxy groups -OCH3 is 1. The van der Waals surface area contributed by atoms with Gasteiger partial charge in [0, 0.05) is 5.56 Å². The second-order valence-corrected chi connectivity index (χ2v) is 7.39. The first-order valence-corrected chi connectivity index (χ1v) is 10.5. The van der Waals surface area contributed by atoms with E-state index in [-0.39, 0.29) is 5.57 Å². The third-order valence-corrected chi connectivity index (χ3v) is 5.04. The molecule has 1 fully saturated rings. The van der Waals surface area contributed by atoms with E-state index in [1.54, 1.807) is 37.5 Å². The molecular weight excluding hydrogens is 420 g/mol. The topological polar surface area (TPSA) is 77.1 Å². The lowest BCUT2D eigenvalue weighted by molar-refractivity contribution is -0.117. The molecule has 1 heterocycles. The number of para-hydroxylation sites is 1. The summed E-state index contributed by atoms with van der Waals surface area (Å²) in [7, 11) is 1.61. The lowest BCUT2D eigenvalue weighted by Crippen LogP contribution is -2.35. The number of ether oxygens (including phenoxy) is 3. The summed E-state index contributed by atoms with van der Waals surface area (Å²) < 4.78 is 16.7. The summed E-state index contributed by atoms with van der Waals surface area (Å²) in [4.78, 5) is 25.4. The van der Waals surface area contributed by atoms with Crippen LogP contribution in [0.4, 0.5) is 5.69 Å². The standard InChI is InChI=1S/C26H24N2O5/c1-18-8-13-24(33-15-14-32-22-11-9-21(31-2)10-12-22)19(16-18)17-23-25(29)27-28(26(23)30)20-6-4-3-5-7-20/h3-13,16-17H,14-15H2,1-2H3,(H,27,29). The minimum Gasteiger partial charge on any atom is -0.497 e. The number of hydrogen-bond donors (Lipinski definition) is 1. The van der Waals surface area contributed by atoms with Crippen molar-refractivity contribution in [2.24, 2.45) is 0 Å². The number of nitrogens with zero attached hydrogens (tertiary/aromatic N) is 1. The lowest BCUT2D eigenvalue weighted by Gasteiger charge is -2.14. The van der Waals surface area contributed by atoms with E-state index in [2.05, 4.69) is 5.43 Å². The van der Waals surface area contributed by atoms with Crippen LogP contribution >= 0.6 is 0 Å². The molecule has 33 heavy (non-hydrogen) atoms. The molecule has 1 N–H and O–H groups in total. The fraction of sp³-hybridized carbons (Fsp3) is 0.154. The van der Waals surface area contributed by atoms with Crippen molar-refractivity contribution in [2.45, 2.75) is 6.92 Å². The number of carbonyl (C=O) groups excluding carboxylic acids is 2. The summed E-state index contributed by atoms with van der Waals surface area (Å²) in [6.07, 6.45) is 1.56. The molecule has 168 valence electrons. The molecular formula is C26H24N2O5. The fourth-order valence-corrected chi connectivity index (χ4v) is 3.37. The van der Waals surface area contributed by atoms with Gasteiger partial charge in [0.25, 0.3) is 11.8 Å². The Hall–Kier alpha value is -4.26. The number of anilines is 1. The lowest BCUT2D eigenvalue weighted by atomic mass is 10.1. The van der Waals surface area contributed by atoms with Gasteiger partial charge in [0.05, 0.1) is 12.8 Å². The highest BCUT2D eigenvalue weighted by Gasteiger charge is 2.34. The van der Waals surface area contributed by atoms with Crippen molar-refractivity contribution in [3.05, 3.63) is 89.5 Å². The average Bonchev–Trinajstić information content (AvgIpc) is 3.12. The van der Waals surface area contributed by atoms with Crippen molar-refractivity contribution in [3.63, 3.8) is 0 Å². The third kappa shape index (κ3) is 5.15. The number of benzene rings is 3. The van der Waals surface area contributed by atoms with E-state index in [0.717, 1.165) is 11.3 Å². The van der Waals surface area contributed by atoms with Crippen LogP contribution < -0.4 is 24.6 Å². The van der Waals surface area contributed by atoms with Crippen LogP contribution in [-0.2, 0) is 9.59 Å². The number of rotatable bonds is 8. The van der Waals surface area contributed by atoms with Gasteiger partial charge >= 0.3 is 0 Å². The molecule has 0 aromatic heterocycles. The Morgan fingerprint density at radius 3 is 2.30 bits per heavy atom. The molecule has 0 aliphatic carbocycles. The van der Waals surface area contributed by atoms with Gasteiger partial charge in [-0.2, -0.15) is 0 Å². The maximum atomic E-state index is 12.9. The Bertz CT molecular complexity index is 1170. The molecule has 0 bridgehead atoms. The molecule has 4 rings (SSSR count). The average molecular weight is 444 g/mol. The number of amides is 2. The van der Waals surface area contributed by atoms with Crippen molar-refractivity contribution < 1.29 is 23.8 Å². The van der Waals surface area contributed by atoms with Crippen LogP contribution in [0.5, 0.6) is 17.2 Å². The normalized spacial score (nSPS) is 14.4. The molecule has 3 aromatic carbocycles. The number of hydrogen-bond acceptors (Lipinski definition) is 5. The molecule has 0 radical (unpaired) electrons. The van der Waals surface area contributed by atoms with Crippen molar-refractivity contribution in [3.8, 4) is 17.2 Å². The van der Waals surface area contributed by atoms with Crippen LogP contribution in [0.2, 0.25) is 0 Å². The molecule has 0 saturated carbocycles. The predicted octanol–water partition coefficient (Wildman–Crippen LogP) is 3.92. The smallest absolute Gasteiger partial charge is 0.282 e. The Balaban J connectivity index is 1.45. The van der Waals surface area contributed by atoms with E-state index in [1.165, 1.54) is 5.01 Å². The van der Waals surface area contributed by atoms with Crippen LogP contribution in [0.15, 0.2) is 78.4 Å². The highest BCUT2D eigenvalue weighted by Crippen LogP contribution is 2.26. The highest BCUT2D eigenvalue weighted by molar-refractivity contribution is 6.31. The van der Waals surface area contributed by atoms with Crippen LogP contribution in [0.3, 0.4) is 0 Å². The summed E-state index contributed by atoms with van der Waals surface area (Å²) in [6, 6.07) is 21.9. The zero-order valence-electron chi connectivity index (χ0n) is 18.4. The predicted molar refractivity (Wildman–Crippen MR) is 125 cm³/mol. The summed E-state index contributed by atoms with van der Waals surface area (Å²) in [5, 5.41) is 1.24. The van der Waals surface area contributed by atoms with Gasteiger partial charge in [-0.15, -0.1) is 0 Å².